The SMILES string of the molecule is O=C(O)C1OC(c2ccccc2)N=C1c1ccccc1. The van der Waals surface area contributed by atoms with E-state index >= 15 is 0 Å². The van der Waals surface area contributed by atoms with E-state index in [0.717, 1.165) is 11.1 Å². The molecule has 0 aliphatic carbocycles. The average Bonchev–Trinajstić information content (AvgIpc) is 2.94. The van der Waals surface area contributed by atoms with Gasteiger partial charge in [-0.2, -0.15) is 0 Å². The van der Waals surface area contributed by atoms with Crippen molar-refractivity contribution in [3.05, 3.63) is 71.8 Å². The maximum absolute atomic E-state index is 11.4. The number of ether oxygens (including phenoxy) is 1. The first-order valence-corrected chi connectivity index (χ1v) is 6.32. The van der Waals surface area contributed by atoms with Crippen LogP contribution in [0.1, 0.15) is 17.4 Å². The third-order valence-electron chi connectivity index (χ3n) is 3.15. The lowest BCUT2D eigenvalue weighted by Gasteiger charge is -2.10. The van der Waals surface area contributed by atoms with Crippen LogP contribution in [0, 0.1) is 0 Å². The molecule has 3 rings (SSSR count). The second-order valence-electron chi connectivity index (χ2n) is 4.50. The lowest BCUT2D eigenvalue weighted by atomic mass is 10.1. The Bertz CT molecular complexity index is 637. The predicted octanol–water partition coefficient (Wildman–Crippen LogP) is 2.66. The predicted molar refractivity (Wildman–Crippen MR) is 74.7 cm³/mol. The molecular weight excluding hydrogens is 254 g/mol. The smallest absolute Gasteiger partial charge is 0.339 e. The standard InChI is InChI=1S/C16H13NO3/c18-16(19)14-13(11-7-3-1-4-8-11)17-15(20-14)12-9-5-2-6-10-12/h1-10,14-15H,(H,18,19). The molecule has 0 saturated heterocycles. The van der Waals surface area contributed by atoms with E-state index in [2.05, 4.69) is 4.99 Å². The monoisotopic (exact) mass is 267 g/mol. The summed E-state index contributed by atoms with van der Waals surface area (Å²) in [6.45, 7) is 0. The number of aliphatic carboxylic acids is 1. The zero-order valence-corrected chi connectivity index (χ0v) is 10.6. The van der Waals surface area contributed by atoms with Gasteiger partial charge in [0.25, 0.3) is 0 Å². The van der Waals surface area contributed by atoms with Crippen LogP contribution in [0.2, 0.25) is 0 Å². The van der Waals surface area contributed by atoms with Crippen LogP contribution in [-0.2, 0) is 9.53 Å². The van der Waals surface area contributed by atoms with Crippen molar-refractivity contribution in [1.29, 1.82) is 0 Å². The van der Waals surface area contributed by atoms with Gasteiger partial charge in [0.1, 0.15) is 0 Å². The van der Waals surface area contributed by atoms with Gasteiger partial charge >= 0.3 is 5.97 Å². The minimum Gasteiger partial charge on any atom is -0.479 e. The highest BCUT2D eigenvalue weighted by Crippen LogP contribution is 2.29. The van der Waals surface area contributed by atoms with Crippen LogP contribution in [0.15, 0.2) is 65.7 Å². The van der Waals surface area contributed by atoms with Crippen molar-refractivity contribution in [3.63, 3.8) is 0 Å². The Morgan fingerprint density at radius 1 is 1.00 bits per heavy atom. The number of carbonyl (C=O) groups is 1. The van der Waals surface area contributed by atoms with Gasteiger partial charge in [0.2, 0.25) is 0 Å². The molecule has 2 atom stereocenters. The summed E-state index contributed by atoms with van der Waals surface area (Å²) in [5.41, 5.74) is 2.09. The van der Waals surface area contributed by atoms with Crippen LogP contribution in [0.4, 0.5) is 0 Å². The highest BCUT2D eigenvalue weighted by Gasteiger charge is 2.35. The van der Waals surface area contributed by atoms with Gasteiger partial charge in [-0.1, -0.05) is 60.7 Å². The molecule has 1 aliphatic rings. The number of hydrogen-bond donors (Lipinski definition) is 1. The molecule has 0 amide bonds. The van der Waals surface area contributed by atoms with Crippen molar-refractivity contribution in [2.24, 2.45) is 4.99 Å². The normalized spacial score (nSPS) is 21.5. The minimum absolute atomic E-state index is 0.465. The summed E-state index contributed by atoms with van der Waals surface area (Å²) in [7, 11) is 0. The van der Waals surface area contributed by atoms with Gasteiger partial charge in [-0.3, -0.25) is 0 Å². The number of hydrogen-bond acceptors (Lipinski definition) is 3. The van der Waals surface area contributed by atoms with Crippen LogP contribution in [-0.4, -0.2) is 22.9 Å². The van der Waals surface area contributed by atoms with Gasteiger partial charge in [-0.25, -0.2) is 9.79 Å². The van der Waals surface area contributed by atoms with Crippen LogP contribution in [0.25, 0.3) is 0 Å². The van der Waals surface area contributed by atoms with Crippen molar-refractivity contribution in [2.75, 3.05) is 0 Å². The van der Waals surface area contributed by atoms with Crippen molar-refractivity contribution in [1.82, 2.24) is 0 Å². The Hall–Kier alpha value is -2.46. The summed E-state index contributed by atoms with van der Waals surface area (Å²) < 4.78 is 5.57. The Kier molecular flexibility index (Phi) is 3.31. The number of carboxylic acids is 1. The molecule has 20 heavy (non-hydrogen) atoms. The van der Waals surface area contributed by atoms with Gasteiger partial charge in [-0.15, -0.1) is 0 Å². The first-order valence-electron chi connectivity index (χ1n) is 6.32. The maximum Gasteiger partial charge on any atom is 0.339 e. The zero-order valence-electron chi connectivity index (χ0n) is 10.6. The van der Waals surface area contributed by atoms with Crippen molar-refractivity contribution in [2.45, 2.75) is 12.3 Å². The lowest BCUT2D eigenvalue weighted by Crippen LogP contribution is -2.29. The van der Waals surface area contributed by atoms with E-state index in [1.165, 1.54) is 0 Å². The molecule has 0 radical (unpaired) electrons. The van der Waals surface area contributed by atoms with Crippen molar-refractivity contribution in [3.8, 4) is 0 Å². The highest BCUT2D eigenvalue weighted by molar-refractivity contribution is 6.14. The molecule has 1 N–H and O–H groups in total. The van der Waals surface area contributed by atoms with E-state index in [-0.39, 0.29) is 0 Å². The summed E-state index contributed by atoms with van der Waals surface area (Å²) in [5, 5.41) is 9.30. The number of rotatable bonds is 3. The van der Waals surface area contributed by atoms with E-state index in [1.54, 1.807) is 0 Å². The van der Waals surface area contributed by atoms with E-state index in [1.807, 2.05) is 60.7 Å². The molecule has 2 aromatic carbocycles. The Morgan fingerprint density at radius 2 is 1.60 bits per heavy atom. The zero-order chi connectivity index (χ0) is 13.9. The first-order chi connectivity index (χ1) is 9.75. The van der Waals surface area contributed by atoms with Crippen LogP contribution in [0.5, 0.6) is 0 Å². The van der Waals surface area contributed by atoms with E-state index in [4.69, 9.17) is 4.74 Å². The molecule has 0 bridgehead atoms. The number of benzene rings is 2. The molecule has 0 aromatic heterocycles. The molecule has 0 spiro atoms. The fourth-order valence-electron chi connectivity index (χ4n) is 2.20. The largest absolute Gasteiger partial charge is 0.479 e. The van der Waals surface area contributed by atoms with Crippen molar-refractivity contribution >= 4 is 11.7 Å². The Morgan fingerprint density at radius 3 is 2.20 bits per heavy atom. The molecule has 0 saturated carbocycles. The number of nitrogens with zero attached hydrogens (tertiary/aromatic N) is 1. The summed E-state index contributed by atoms with van der Waals surface area (Å²) in [6, 6.07) is 18.7. The maximum atomic E-state index is 11.4. The van der Waals surface area contributed by atoms with Gasteiger partial charge in [-0.05, 0) is 5.56 Å². The van der Waals surface area contributed by atoms with Crippen molar-refractivity contribution < 1.29 is 14.6 Å². The summed E-state index contributed by atoms with van der Waals surface area (Å²) in [4.78, 5) is 15.8. The molecule has 4 heteroatoms. The third-order valence-corrected chi connectivity index (χ3v) is 3.15. The minimum atomic E-state index is -1.03. The second-order valence-corrected chi connectivity index (χ2v) is 4.50. The molecule has 2 aromatic rings. The molecule has 1 aliphatic heterocycles. The fourth-order valence-corrected chi connectivity index (χ4v) is 2.20. The highest BCUT2D eigenvalue weighted by atomic mass is 16.5. The molecule has 0 fully saturated rings. The summed E-state index contributed by atoms with van der Waals surface area (Å²) in [6.07, 6.45) is -1.59. The molecule has 4 nitrogen and oxygen atoms in total. The van der Waals surface area contributed by atoms with E-state index in [0.29, 0.717) is 5.71 Å². The number of carboxylic acid groups (broad SMARTS) is 1. The first kappa shape index (κ1) is 12.6. The Balaban J connectivity index is 1.98. The van der Waals surface area contributed by atoms with Gasteiger partial charge in [0.15, 0.2) is 12.3 Å². The van der Waals surface area contributed by atoms with Crippen LogP contribution >= 0.6 is 0 Å². The lowest BCUT2D eigenvalue weighted by molar-refractivity contribution is -0.147. The molecule has 1 heterocycles. The topological polar surface area (TPSA) is 58.9 Å². The second kappa shape index (κ2) is 5.27. The molecule has 2 unspecified atom stereocenters. The molecule has 100 valence electrons. The van der Waals surface area contributed by atoms with E-state index in [9.17, 15) is 9.90 Å². The average molecular weight is 267 g/mol. The van der Waals surface area contributed by atoms with Gasteiger partial charge in [0, 0.05) is 5.56 Å². The van der Waals surface area contributed by atoms with E-state index < -0.39 is 18.3 Å². The Labute approximate surface area is 116 Å². The number of aliphatic imine (C=N–C) groups is 1. The summed E-state index contributed by atoms with van der Waals surface area (Å²) >= 11 is 0. The van der Waals surface area contributed by atoms with Gasteiger partial charge in [0.05, 0.1) is 5.71 Å². The van der Waals surface area contributed by atoms with Crippen LogP contribution in [0.3, 0.4) is 0 Å². The van der Waals surface area contributed by atoms with Gasteiger partial charge < -0.3 is 9.84 Å². The summed E-state index contributed by atoms with van der Waals surface area (Å²) in [5.74, 6) is -1.02. The fraction of sp³-hybridized carbons (Fsp3) is 0.125. The van der Waals surface area contributed by atoms with Crippen LogP contribution < -0.4 is 0 Å². The molecular formula is C16H13NO3. The third kappa shape index (κ3) is 2.33. The quantitative estimate of drug-likeness (QED) is 0.930.